The van der Waals surface area contributed by atoms with E-state index in [2.05, 4.69) is 45.1 Å². The zero-order chi connectivity index (χ0) is 11.8. The van der Waals surface area contributed by atoms with Crippen molar-refractivity contribution in [2.75, 3.05) is 12.4 Å². The molecule has 1 aromatic rings. The Hall–Kier alpha value is -0.840. The molecular formula is C11H16BrN3O. The van der Waals surface area contributed by atoms with E-state index in [1.54, 1.807) is 13.3 Å². The lowest BCUT2D eigenvalue weighted by Gasteiger charge is -2.26. The predicted octanol–water partition coefficient (Wildman–Crippen LogP) is 2.85. The minimum Gasteiger partial charge on any atom is -0.480 e. The Kier molecular flexibility index (Phi) is 3.06. The summed E-state index contributed by atoms with van der Waals surface area (Å²) in [6.45, 7) is 4.37. The molecule has 1 aliphatic carbocycles. The van der Waals surface area contributed by atoms with Gasteiger partial charge < -0.3 is 10.1 Å². The summed E-state index contributed by atoms with van der Waals surface area (Å²) in [5.74, 6) is 1.91. The van der Waals surface area contributed by atoms with Crippen LogP contribution in [0.25, 0.3) is 0 Å². The Morgan fingerprint density at radius 1 is 1.50 bits per heavy atom. The molecule has 4 nitrogen and oxygen atoms in total. The highest BCUT2D eigenvalue weighted by Crippen LogP contribution is 2.40. The molecule has 0 amide bonds. The number of anilines is 1. The van der Waals surface area contributed by atoms with E-state index >= 15 is 0 Å². The number of aromatic nitrogens is 2. The van der Waals surface area contributed by atoms with Gasteiger partial charge in [0.25, 0.3) is 0 Å². The van der Waals surface area contributed by atoms with Crippen LogP contribution < -0.4 is 10.1 Å². The number of nitrogens with zero attached hydrogens (tertiary/aromatic N) is 2. The normalized spacial score (nSPS) is 16.0. The van der Waals surface area contributed by atoms with E-state index < -0.39 is 0 Å². The fraction of sp³-hybridized carbons (Fsp3) is 0.636. The monoisotopic (exact) mass is 285 g/mol. The summed E-state index contributed by atoms with van der Waals surface area (Å²) in [5, 5.41) is 3.36. The van der Waals surface area contributed by atoms with Gasteiger partial charge in [-0.2, -0.15) is 4.98 Å². The molecule has 0 spiro atoms. The fourth-order valence-electron chi connectivity index (χ4n) is 1.75. The highest BCUT2D eigenvalue weighted by Gasteiger charge is 2.38. The zero-order valence-electron chi connectivity index (χ0n) is 9.75. The third kappa shape index (κ3) is 2.45. The number of halogens is 1. The molecule has 1 saturated carbocycles. The van der Waals surface area contributed by atoms with Crippen molar-refractivity contribution in [2.24, 2.45) is 5.92 Å². The van der Waals surface area contributed by atoms with Gasteiger partial charge in [-0.1, -0.05) is 0 Å². The Labute approximate surface area is 104 Å². The van der Waals surface area contributed by atoms with E-state index in [0.717, 1.165) is 10.4 Å². The van der Waals surface area contributed by atoms with Crippen LogP contribution in [0.4, 0.5) is 5.95 Å². The second-order valence-electron chi connectivity index (χ2n) is 4.67. The van der Waals surface area contributed by atoms with Crippen molar-refractivity contribution in [3.8, 4) is 5.88 Å². The van der Waals surface area contributed by atoms with Crippen molar-refractivity contribution in [1.29, 1.82) is 0 Å². The fourth-order valence-corrected chi connectivity index (χ4v) is 2.10. The number of hydrogen-bond donors (Lipinski definition) is 1. The molecule has 5 heteroatoms. The summed E-state index contributed by atoms with van der Waals surface area (Å²) in [5.41, 5.74) is 0.0544. The van der Waals surface area contributed by atoms with Crippen LogP contribution in [0.2, 0.25) is 0 Å². The standard InChI is InChI=1S/C11H16BrN3O/c1-11(2,7-4-5-7)15-10-13-6-8(12)9(14-10)16-3/h6-7H,4-5H2,1-3H3,(H,13,14,15). The van der Waals surface area contributed by atoms with Gasteiger partial charge in [-0.3, -0.25) is 0 Å². The quantitative estimate of drug-likeness (QED) is 0.924. The van der Waals surface area contributed by atoms with Gasteiger partial charge in [-0.05, 0) is 48.5 Å². The Balaban J connectivity index is 2.15. The molecule has 16 heavy (non-hydrogen) atoms. The van der Waals surface area contributed by atoms with Crippen molar-refractivity contribution in [1.82, 2.24) is 9.97 Å². The minimum absolute atomic E-state index is 0.0544. The Morgan fingerprint density at radius 2 is 2.19 bits per heavy atom. The molecule has 0 bridgehead atoms. The molecule has 88 valence electrons. The first kappa shape index (κ1) is 11.6. The van der Waals surface area contributed by atoms with Crippen LogP contribution >= 0.6 is 15.9 Å². The molecule has 0 unspecified atom stereocenters. The molecule has 1 aliphatic rings. The molecule has 1 heterocycles. The van der Waals surface area contributed by atoms with Gasteiger partial charge >= 0.3 is 0 Å². The van der Waals surface area contributed by atoms with Crippen LogP contribution in [0.1, 0.15) is 26.7 Å². The van der Waals surface area contributed by atoms with Gasteiger partial charge in [0, 0.05) is 5.54 Å². The predicted molar refractivity (Wildman–Crippen MR) is 66.7 cm³/mol. The van der Waals surface area contributed by atoms with Gasteiger partial charge in [-0.15, -0.1) is 0 Å². The number of methoxy groups -OCH3 is 1. The lowest BCUT2D eigenvalue weighted by molar-refractivity contribution is 0.393. The average molecular weight is 286 g/mol. The van der Waals surface area contributed by atoms with Crippen LogP contribution in [0.3, 0.4) is 0 Å². The molecule has 2 rings (SSSR count). The van der Waals surface area contributed by atoms with Crippen LogP contribution in [0.5, 0.6) is 5.88 Å². The third-order valence-electron chi connectivity index (χ3n) is 2.94. The summed E-state index contributed by atoms with van der Waals surface area (Å²) in [6, 6.07) is 0. The topological polar surface area (TPSA) is 47.0 Å². The number of hydrogen-bond acceptors (Lipinski definition) is 4. The van der Waals surface area contributed by atoms with E-state index in [1.165, 1.54) is 12.8 Å². The molecule has 0 aromatic carbocycles. The molecule has 0 atom stereocenters. The second kappa shape index (κ2) is 4.20. The molecule has 0 aliphatic heterocycles. The highest BCUT2D eigenvalue weighted by atomic mass is 79.9. The van der Waals surface area contributed by atoms with Gasteiger partial charge in [0.1, 0.15) is 0 Å². The number of nitrogens with one attached hydrogen (secondary N) is 1. The Bertz CT molecular complexity index is 391. The van der Waals surface area contributed by atoms with Crippen LogP contribution in [-0.2, 0) is 0 Å². The van der Waals surface area contributed by atoms with Crippen molar-refractivity contribution in [3.05, 3.63) is 10.7 Å². The molecule has 0 radical (unpaired) electrons. The Morgan fingerprint density at radius 3 is 2.75 bits per heavy atom. The van der Waals surface area contributed by atoms with Crippen LogP contribution in [0.15, 0.2) is 10.7 Å². The summed E-state index contributed by atoms with van der Waals surface area (Å²) in [4.78, 5) is 8.53. The van der Waals surface area contributed by atoms with E-state index in [1.807, 2.05) is 0 Å². The van der Waals surface area contributed by atoms with Gasteiger partial charge in [0.05, 0.1) is 17.8 Å². The SMILES string of the molecule is COc1nc(NC(C)(C)C2CC2)ncc1Br. The third-order valence-corrected chi connectivity index (χ3v) is 3.48. The zero-order valence-corrected chi connectivity index (χ0v) is 11.3. The first-order valence-electron chi connectivity index (χ1n) is 5.37. The van der Waals surface area contributed by atoms with Crippen LogP contribution in [0, 0.1) is 5.92 Å². The number of rotatable bonds is 4. The maximum Gasteiger partial charge on any atom is 0.232 e. The van der Waals surface area contributed by atoms with Crippen molar-refractivity contribution >= 4 is 21.9 Å². The van der Waals surface area contributed by atoms with Gasteiger partial charge in [0.15, 0.2) is 0 Å². The smallest absolute Gasteiger partial charge is 0.232 e. The van der Waals surface area contributed by atoms with E-state index in [9.17, 15) is 0 Å². The first-order chi connectivity index (χ1) is 7.53. The molecule has 1 N–H and O–H groups in total. The number of ether oxygens (including phenoxy) is 1. The van der Waals surface area contributed by atoms with Crippen molar-refractivity contribution in [3.63, 3.8) is 0 Å². The lowest BCUT2D eigenvalue weighted by atomic mass is 9.99. The van der Waals surface area contributed by atoms with Gasteiger partial charge in [0.2, 0.25) is 11.8 Å². The van der Waals surface area contributed by atoms with E-state index in [-0.39, 0.29) is 5.54 Å². The largest absolute Gasteiger partial charge is 0.480 e. The highest BCUT2D eigenvalue weighted by molar-refractivity contribution is 9.10. The van der Waals surface area contributed by atoms with E-state index in [0.29, 0.717) is 11.8 Å². The molecular weight excluding hydrogens is 270 g/mol. The maximum atomic E-state index is 5.14. The summed E-state index contributed by atoms with van der Waals surface area (Å²) < 4.78 is 5.91. The molecule has 0 saturated heterocycles. The van der Waals surface area contributed by atoms with E-state index in [4.69, 9.17) is 4.74 Å². The van der Waals surface area contributed by atoms with Crippen molar-refractivity contribution < 1.29 is 4.74 Å². The average Bonchev–Trinajstić information content (AvgIpc) is 3.04. The molecule has 1 fully saturated rings. The summed E-state index contributed by atoms with van der Waals surface area (Å²) in [6.07, 6.45) is 4.28. The van der Waals surface area contributed by atoms with Crippen molar-refractivity contribution in [2.45, 2.75) is 32.2 Å². The first-order valence-corrected chi connectivity index (χ1v) is 6.17. The summed E-state index contributed by atoms with van der Waals surface area (Å²) in [7, 11) is 1.60. The van der Waals surface area contributed by atoms with Crippen LogP contribution in [-0.4, -0.2) is 22.6 Å². The molecule has 1 aromatic heterocycles. The maximum absolute atomic E-state index is 5.14. The van der Waals surface area contributed by atoms with Gasteiger partial charge in [-0.25, -0.2) is 4.98 Å². The second-order valence-corrected chi connectivity index (χ2v) is 5.53. The summed E-state index contributed by atoms with van der Waals surface area (Å²) >= 11 is 3.33. The lowest BCUT2D eigenvalue weighted by Crippen LogP contribution is -2.34. The minimum atomic E-state index is 0.0544.